The number of fused-ring (bicyclic) bond motifs is 3. The lowest BCUT2D eigenvalue weighted by molar-refractivity contribution is -0.677. The van der Waals surface area contributed by atoms with Crippen molar-refractivity contribution in [2.45, 2.75) is 38.9 Å². The fourth-order valence-electron chi connectivity index (χ4n) is 6.30. The Morgan fingerprint density at radius 3 is 2.31 bits per heavy atom. The van der Waals surface area contributed by atoms with E-state index in [2.05, 4.69) is 6.07 Å². The molecule has 0 bridgehead atoms. The first-order valence-corrected chi connectivity index (χ1v) is 20.7. The van der Waals surface area contributed by atoms with E-state index in [9.17, 15) is 39.1 Å². The molecule has 0 saturated carbocycles. The van der Waals surface area contributed by atoms with Crippen molar-refractivity contribution in [2.24, 2.45) is 0 Å². The molecule has 0 fully saturated rings. The molecule has 10 nitrogen and oxygen atoms in total. The second-order valence-corrected chi connectivity index (χ2v) is 16.7. The summed E-state index contributed by atoms with van der Waals surface area (Å²) in [6.45, 7) is 2.50. The maximum Gasteiger partial charge on any atom is 0.417 e. The van der Waals surface area contributed by atoms with Gasteiger partial charge in [0.1, 0.15) is 5.82 Å². The van der Waals surface area contributed by atoms with Crippen LogP contribution in [-0.4, -0.2) is 50.5 Å². The largest absolute Gasteiger partial charge is 0.417 e. The molecule has 0 aliphatic carbocycles. The van der Waals surface area contributed by atoms with Crippen LogP contribution in [0.3, 0.4) is 0 Å². The van der Waals surface area contributed by atoms with Crippen molar-refractivity contribution in [2.75, 3.05) is 34.4 Å². The number of aromatic nitrogens is 1. The normalized spacial score (nSPS) is 14.9. The second-order valence-electron chi connectivity index (χ2n) is 12.2. The van der Waals surface area contributed by atoms with Gasteiger partial charge in [0.2, 0.25) is 5.58 Å². The molecule has 3 heterocycles. The van der Waals surface area contributed by atoms with Gasteiger partial charge < -0.3 is 14.2 Å². The van der Waals surface area contributed by atoms with E-state index in [1.165, 1.54) is 6.07 Å². The summed E-state index contributed by atoms with van der Waals surface area (Å²) in [6, 6.07) is 16.1. The molecule has 2 N–H and O–H groups in total. The Morgan fingerprint density at radius 2 is 1.60 bits per heavy atom. The zero-order chi connectivity index (χ0) is 37.4. The summed E-state index contributed by atoms with van der Waals surface area (Å²) in [4.78, 5) is 3.43. The number of unbranched alkanes of at least 4 members (excludes halogenated alkanes) is 1. The number of hydrogen-bond donors (Lipinski definition) is 2. The molecule has 276 valence electrons. The molecule has 52 heavy (non-hydrogen) atoms. The maximum atomic E-state index is 13.9. The zero-order valence-corrected chi connectivity index (χ0v) is 30.9. The lowest BCUT2D eigenvalue weighted by atomic mass is 10.0. The van der Waals surface area contributed by atoms with Crippen molar-refractivity contribution >= 4 is 81.8 Å². The average molecular weight is 797 g/mol. The van der Waals surface area contributed by atoms with Crippen LogP contribution in [0.5, 0.6) is 0 Å². The van der Waals surface area contributed by atoms with Crippen LogP contribution >= 0.6 is 22.9 Å². The molecular formula is C35H34ClF3N3O7S3+. The Kier molecular flexibility index (Phi) is 10.8. The van der Waals surface area contributed by atoms with Gasteiger partial charge in [-0.25, -0.2) is 0 Å². The van der Waals surface area contributed by atoms with Crippen molar-refractivity contribution in [3.05, 3.63) is 94.4 Å². The molecule has 1 aliphatic heterocycles. The lowest BCUT2D eigenvalue weighted by Crippen LogP contribution is -2.36. The van der Waals surface area contributed by atoms with Crippen LogP contribution in [0.2, 0.25) is 5.02 Å². The van der Waals surface area contributed by atoms with Crippen molar-refractivity contribution in [1.82, 2.24) is 0 Å². The first kappa shape index (κ1) is 37.8. The molecule has 5 aromatic rings. The summed E-state index contributed by atoms with van der Waals surface area (Å²) in [5, 5.41) is 2.66. The van der Waals surface area contributed by atoms with E-state index in [0.29, 0.717) is 35.0 Å². The van der Waals surface area contributed by atoms with Crippen molar-refractivity contribution in [1.29, 1.82) is 0 Å². The van der Waals surface area contributed by atoms with Gasteiger partial charge in [0.05, 0.1) is 39.5 Å². The van der Waals surface area contributed by atoms with Gasteiger partial charge in [-0.2, -0.15) is 34.6 Å². The third-order valence-electron chi connectivity index (χ3n) is 8.64. The fraction of sp³-hybridized carbons (Fsp3) is 0.286. The molecule has 3 aromatic carbocycles. The highest BCUT2D eigenvalue weighted by Gasteiger charge is 2.38. The van der Waals surface area contributed by atoms with Crippen molar-refractivity contribution in [3.8, 4) is 11.1 Å². The van der Waals surface area contributed by atoms with E-state index in [4.69, 9.17) is 16.0 Å². The number of aryl methyl sites for hydroxylation is 1. The van der Waals surface area contributed by atoms with Gasteiger partial charge in [-0.1, -0.05) is 23.7 Å². The van der Waals surface area contributed by atoms with Gasteiger partial charge in [0.25, 0.3) is 25.8 Å². The summed E-state index contributed by atoms with van der Waals surface area (Å²) >= 11 is 7.75. The SMILES string of the molecule is CCN1/C(=C\C=C\c2oc3ccc(-c4ccc5sccc5c4)cc3[n+]2CCCS(=O)(=O)O)N(CCCCS(=O)(=O)O)c2cc(C(F)(F)F)c(Cl)cc21. The summed E-state index contributed by atoms with van der Waals surface area (Å²) < 4.78 is 115. The number of thiophene rings is 1. The number of hydrogen-bond acceptors (Lipinski definition) is 8. The van der Waals surface area contributed by atoms with E-state index in [-0.39, 0.29) is 38.0 Å². The molecule has 0 unspecified atom stereocenters. The summed E-state index contributed by atoms with van der Waals surface area (Å²) in [6.07, 6.45) is 0.677. The lowest BCUT2D eigenvalue weighted by Gasteiger charge is -2.24. The number of benzene rings is 3. The molecule has 6 rings (SSSR count). The second kappa shape index (κ2) is 14.8. The van der Waals surface area contributed by atoms with Gasteiger partial charge >= 0.3 is 12.1 Å². The topological polar surface area (TPSA) is 132 Å². The molecule has 0 spiro atoms. The van der Waals surface area contributed by atoms with E-state index < -0.39 is 48.5 Å². The number of halogens is 4. The summed E-state index contributed by atoms with van der Waals surface area (Å²) in [5.74, 6) is -0.107. The Balaban J connectivity index is 1.38. The highest BCUT2D eigenvalue weighted by Crippen LogP contribution is 2.47. The Bertz CT molecular complexity index is 2420. The maximum absolute atomic E-state index is 13.9. The van der Waals surface area contributed by atoms with Gasteiger partial charge in [-0.3, -0.25) is 9.11 Å². The fourth-order valence-corrected chi connectivity index (χ4v) is 8.40. The Labute approximate surface area is 307 Å². The predicted octanol–water partition coefficient (Wildman–Crippen LogP) is 8.42. The molecular weight excluding hydrogens is 763 g/mol. The first-order valence-electron chi connectivity index (χ1n) is 16.2. The zero-order valence-electron chi connectivity index (χ0n) is 27.7. The minimum absolute atomic E-state index is 0.0747. The molecule has 0 saturated heterocycles. The monoisotopic (exact) mass is 796 g/mol. The van der Waals surface area contributed by atoms with E-state index in [0.717, 1.165) is 27.3 Å². The predicted molar refractivity (Wildman–Crippen MR) is 198 cm³/mol. The molecule has 0 atom stereocenters. The molecule has 1 aliphatic rings. The van der Waals surface area contributed by atoms with Gasteiger partial charge in [-0.15, -0.1) is 11.3 Å². The molecule has 2 aromatic heterocycles. The average Bonchev–Trinajstić information content (AvgIpc) is 3.74. The minimum Gasteiger partial charge on any atom is -0.398 e. The highest BCUT2D eigenvalue weighted by molar-refractivity contribution is 7.86. The number of nitrogens with zero attached hydrogens (tertiary/aromatic N) is 3. The quantitative estimate of drug-likeness (QED) is 0.0685. The molecule has 17 heteroatoms. The van der Waals surface area contributed by atoms with Crippen LogP contribution in [0.4, 0.5) is 24.5 Å². The van der Waals surface area contributed by atoms with E-state index >= 15 is 0 Å². The minimum atomic E-state index is -4.72. The number of alkyl halides is 3. The number of rotatable bonds is 13. The molecule has 0 amide bonds. The van der Waals surface area contributed by atoms with Gasteiger partial charge in [0.15, 0.2) is 6.54 Å². The van der Waals surface area contributed by atoms with Crippen molar-refractivity contribution < 1.29 is 48.1 Å². The first-order chi connectivity index (χ1) is 24.5. The van der Waals surface area contributed by atoms with Gasteiger partial charge in [0, 0.05) is 30.3 Å². The molecule has 0 radical (unpaired) electrons. The Hall–Kier alpha value is -3.93. The van der Waals surface area contributed by atoms with Crippen LogP contribution in [0.15, 0.2) is 82.4 Å². The van der Waals surface area contributed by atoms with Crippen LogP contribution in [-0.2, 0) is 33.0 Å². The van der Waals surface area contributed by atoms with Crippen LogP contribution in [0.1, 0.15) is 37.6 Å². The van der Waals surface area contributed by atoms with Crippen LogP contribution in [0.25, 0.3) is 38.4 Å². The highest BCUT2D eigenvalue weighted by atomic mass is 35.5. The van der Waals surface area contributed by atoms with Crippen molar-refractivity contribution in [3.63, 3.8) is 0 Å². The van der Waals surface area contributed by atoms with Gasteiger partial charge in [-0.05, 0) is 90.2 Å². The summed E-state index contributed by atoms with van der Waals surface area (Å²) in [5.41, 5.74) is 2.76. The Morgan fingerprint density at radius 1 is 0.904 bits per heavy atom. The third kappa shape index (κ3) is 8.48. The van der Waals surface area contributed by atoms with Crippen LogP contribution in [0, 0.1) is 0 Å². The van der Waals surface area contributed by atoms with Crippen LogP contribution < -0.4 is 14.4 Å². The van der Waals surface area contributed by atoms with E-state index in [1.807, 2.05) is 48.7 Å². The number of allylic oxidation sites excluding steroid dienone is 2. The smallest absolute Gasteiger partial charge is 0.398 e. The number of anilines is 2. The van der Waals surface area contributed by atoms with E-state index in [1.54, 1.807) is 43.9 Å². The number of oxazole rings is 1. The third-order valence-corrected chi connectivity index (χ3v) is 11.5. The standard InChI is InChI=1S/C35H33ClF3N3O7S3/c1-2-40-29-22-27(36)26(35(37,38)39)21-28(29)41(14-3-4-17-51(43,44)45)33(40)7-5-8-34-42(15-6-18-52(46,47)48)30-20-24(9-11-31(30)49-34)23-10-12-32-25(19-23)13-16-50-32/h5,7-13,16,19-22H,2-4,6,14-15,17-18H2,1H3,(H-,43,44,45,46,47,48)/p+1. The summed E-state index contributed by atoms with van der Waals surface area (Å²) in [7, 11) is -8.44.